The van der Waals surface area contributed by atoms with Crippen molar-refractivity contribution in [3.8, 4) is 0 Å². The predicted molar refractivity (Wildman–Crippen MR) is 85.1 cm³/mol. The minimum Gasteiger partial charge on any atom is -0.345 e. The normalized spacial score (nSPS) is 12.0. The van der Waals surface area contributed by atoms with Crippen LogP contribution in [0.1, 0.15) is 31.5 Å². The fourth-order valence-corrected chi connectivity index (χ4v) is 2.10. The minimum absolute atomic E-state index is 0.158. The number of carbonyl (C=O) groups excluding carboxylic acids is 1. The highest BCUT2D eigenvalue weighted by Crippen LogP contribution is 2.09. The molecule has 0 aliphatic rings. The Kier molecular flexibility index (Phi) is 5.58. The Morgan fingerprint density at radius 1 is 1.27 bits per heavy atom. The van der Waals surface area contributed by atoms with Gasteiger partial charge in [0.15, 0.2) is 0 Å². The van der Waals surface area contributed by atoms with Gasteiger partial charge in [-0.2, -0.15) is 0 Å². The summed E-state index contributed by atoms with van der Waals surface area (Å²) in [5.74, 6) is -0.236. The van der Waals surface area contributed by atoms with Crippen molar-refractivity contribution in [1.82, 2.24) is 15.2 Å². The van der Waals surface area contributed by atoms with Gasteiger partial charge in [-0.1, -0.05) is 19.1 Å². The predicted octanol–water partition coefficient (Wildman–Crippen LogP) is 3.27. The lowest BCUT2D eigenvalue weighted by atomic mass is 10.2. The summed E-state index contributed by atoms with van der Waals surface area (Å²) in [6, 6.07) is 10.3. The third-order valence-corrected chi connectivity index (χ3v) is 3.61. The molecular formula is C17H22FN3O. The zero-order valence-electron chi connectivity index (χ0n) is 13.0. The molecule has 0 aliphatic heterocycles. The second-order valence-corrected chi connectivity index (χ2v) is 5.39. The zero-order valence-corrected chi connectivity index (χ0v) is 13.0. The van der Waals surface area contributed by atoms with Crippen LogP contribution in [0.25, 0.3) is 0 Å². The van der Waals surface area contributed by atoms with Gasteiger partial charge in [0.05, 0.1) is 6.54 Å². The smallest absolute Gasteiger partial charge is 0.315 e. The molecule has 0 spiro atoms. The van der Waals surface area contributed by atoms with Crippen LogP contribution in [0.4, 0.5) is 9.18 Å². The van der Waals surface area contributed by atoms with E-state index in [1.54, 1.807) is 12.1 Å². The molecule has 0 aliphatic carbocycles. The van der Waals surface area contributed by atoms with E-state index in [9.17, 15) is 9.18 Å². The van der Waals surface area contributed by atoms with Crippen LogP contribution in [-0.4, -0.2) is 16.6 Å². The van der Waals surface area contributed by atoms with Gasteiger partial charge in [-0.05, 0) is 43.2 Å². The number of halogens is 1. The number of hydrogen-bond acceptors (Lipinski definition) is 1. The van der Waals surface area contributed by atoms with E-state index in [1.165, 1.54) is 12.1 Å². The Morgan fingerprint density at radius 2 is 2.00 bits per heavy atom. The second kappa shape index (κ2) is 7.64. The summed E-state index contributed by atoms with van der Waals surface area (Å²) in [5.41, 5.74) is 2.02. The van der Waals surface area contributed by atoms with Crippen LogP contribution in [0.2, 0.25) is 0 Å². The molecular weight excluding hydrogens is 281 g/mol. The average molecular weight is 303 g/mol. The Hall–Kier alpha value is -2.30. The van der Waals surface area contributed by atoms with Crippen molar-refractivity contribution in [1.29, 1.82) is 0 Å². The molecule has 2 N–H and O–H groups in total. The summed E-state index contributed by atoms with van der Waals surface area (Å²) in [5, 5.41) is 5.72. The number of benzene rings is 1. The third-order valence-electron chi connectivity index (χ3n) is 3.61. The van der Waals surface area contributed by atoms with Crippen LogP contribution in [0, 0.1) is 5.82 Å². The van der Waals surface area contributed by atoms with Crippen molar-refractivity contribution in [3.05, 3.63) is 59.7 Å². The first-order chi connectivity index (χ1) is 10.6. The lowest BCUT2D eigenvalue weighted by molar-refractivity contribution is 0.237. The van der Waals surface area contributed by atoms with Gasteiger partial charge in [0.2, 0.25) is 0 Å². The molecule has 0 saturated carbocycles. The number of amides is 2. The van der Waals surface area contributed by atoms with Crippen LogP contribution in [0.15, 0.2) is 42.6 Å². The number of carbonyl (C=O) groups is 1. The van der Waals surface area contributed by atoms with Crippen LogP contribution < -0.4 is 10.6 Å². The highest BCUT2D eigenvalue weighted by Gasteiger charge is 2.07. The van der Waals surface area contributed by atoms with Crippen molar-refractivity contribution in [2.45, 2.75) is 39.4 Å². The van der Waals surface area contributed by atoms with Gasteiger partial charge in [0.1, 0.15) is 5.82 Å². The van der Waals surface area contributed by atoms with E-state index in [0.717, 1.165) is 17.7 Å². The molecule has 1 atom stereocenters. The Labute approximate surface area is 130 Å². The minimum atomic E-state index is -0.236. The molecule has 5 heteroatoms. The highest BCUT2D eigenvalue weighted by molar-refractivity contribution is 5.74. The van der Waals surface area contributed by atoms with Crippen molar-refractivity contribution in [2.24, 2.45) is 0 Å². The summed E-state index contributed by atoms with van der Waals surface area (Å²) < 4.78 is 15.0. The zero-order chi connectivity index (χ0) is 15.9. The molecule has 1 aromatic heterocycles. The largest absolute Gasteiger partial charge is 0.345 e. The lowest BCUT2D eigenvalue weighted by Crippen LogP contribution is -2.40. The van der Waals surface area contributed by atoms with Crippen molar-refractivity contribution in [2.75, 3.05) is 0 Å². The number of aromatic nitrogens is 1. The fourth-order valence-electron chi connectivity index (χ4n) is 2.10. The van der Waals surface area contributed by atoms with E-state index in [1.807, 2.05) is 36.7 Å². The molecule has 2 aromatic rings. The van der Waals surface area contributed by atoms with E-state index >= 15 is 0 Å². The van der Waals surface area contributed by atoms with Crippen LogP contribution in [0.5, 0.6) is 0 Å². The van der Waals surface area contributed by atoms with E-state index in [-0.39, 0.29) is 17.9 Å². The van der Waals surface area contributed by atoms with Crippen LogP contribution in [0.3, 0.4) is 0 Å². The Balaban J connectivity index is 1.92. The SMILES string of the molecule is CC[C@@H](C)NC(=O)NCc1cccn1Cc1ccc(F)cc1. The van der Waals surface area contributed by atoms with Gasteiger partial charge < -0.3 is 15.2 Å². The summed E-state index contributed by atoms with van der Waals surface area (Å²) in [7, 11) is 0. The number of urea groups is 1. The molecule has 0 fully saturated rings. The summed E-state index contributed by atoms with van der Waals surface area (Å²) >= 11 is 0. The van der Waals surface area contributed by atoms with Crippen molar-refractivity contribution < 1.29 is 9.18 Å². The highest BCUT2D eigenvalue weighted by atomic mass is 19.1. The molecule has 118 valence electrons. The van der Waals surface area contributed by atoms with E-state index in [2.05, 4.69) is 10.6 Å². The van der Waals surface area contributed by atoms with Gasteiger partial charge in [-0.15, -0.1) is 0 Å². The van der Waals surface area contributed by atoms with E-state index in [4.69, 9.17) is 0 Å². The first kappa shape index (κ1) is 16.1. The fraction of sp³-hybridized carbons (Fsp3) is 0.353. The molecule has 2 rings (SSSR count). The molecule has 0 bridgehead atoms. The number of hydrogen-bond donors (Lipinski definition) is 2. The van der Waals surface area contributed by atoms with Gasteiger partial charge >= 0.3 is 6.03 Å². The van der Waals surface area contributed by atoms with Crippen LogP contribution >= 0.6 is 0 Å². The molecule has 1 aromatic carbocycles. The maximum absolute atomic E-state index is 12.9. The first-order valence-corrected chi connectivity index (χ1v) is 7.51. The molecule has 0 unspecified atom stereocenters. The number of nitrogens with zero attached hydrogens (tertiary/aromatic N) is 1. The molecule has 0 saturated heterocycles. The molecule has 0 radical (unpaired) electrons. The summed E-state index contributed by atoms with van der Waals surface area (Å²) in [6.07, 6.45) is 2.85. The first-order valence-electron chi connectivity index (χ1n) is 7.51. The van der Waals surface area contributed by atoms with Gasteiger partial charge in [0, 0.05) is 24.5 Å². The third kappa shape index (κ3) is 4.62. The maximum atomic E-state index is 12.9. The number of rotatable bonds is 6. The monoisotopic (exact) mass is 303 g/mol. The summed E-state index contributed by atoms with van der Waals surface area (Å²) in [4.78, 5) is 11.7. The molecule has 22 heavy (non-hydrogen) atoms. The van der Waals surface area contributed by atoms with Crippen molar-refractivity contribution >= 4 is 6.03 Å². The van der Waals surface area contributed by atoms with Gasteiger partial charge in [0.25, 0.3) is 0 Å². The maximum Gasteiger partial charge on any atom is 0.315 e. The second-order valence-electron chi connectivity index (χ2n) is 5.39. The molecule has 1 heterocycles. The standard InChI is InChI=1S/C17H22FN3O/c1-3-13(2)20-17(22)19-11-16-5-4-10-21(16)12-14-6-8-15(18)9-7-14/h4-10,13H,3,11-12H2,1-2H3,(H2,19,20,22)/t13-/m1/s1. The van der Waals surface area contributed by atoms with E-state index in [0.29, 0.717) is 13.1 Å². The van der Waals surface area contributed by atoms with Gasteiger partial charge in [-0.3, -0.25) is 0 Å². The topological polar surface area (TPSA) is 46.1 Å². The molecule has 4 nitrogen and oxygen atoms in total. The van der Waals surface area contributed by atoms with Gasteiger partial charge in [-0.25, -0.2) is 9.18 Å². The van der Waals surface area contributed by atoms with E-state index < -0.39 is 0 Å². The lowest BCUT2D eigenvalue weighted by Gasteiger charge is -2.14. The number of nitrogens with one attached hydrogen (secondary N) is 2. The van der Waals surface area contributed by atoms with Crippen molar-refractivity contribution in [3.63, 3.8) is 0 Å². The quantitative estimate of drug-likeness (QED) is 0.845. The van der Waals surface area contributed by atoms with Crippen LogP contribution in [-0.2, 0) is 13.1 Å². The Morgan fingerprint density at radius 3 is 2.68 bits per heavy atom. The molecule has 2 amide bonds. The summed E-state index contributed by atoms with van der Waals surface area (Å²) in [6.45, 7) is 5.10. The Bertz CT molecular complexity index is 607. The average Bonchev–Trinajstić information content (AvgIpc) is 2.94.